The summed E-state index contributed by atoms with van der Waals surface area (Å²) in [4.78, 5) is 22.3. The van der Waals surface area contributed by atoms with E-state index in [0.29, 0.717) is 0 Å². The average molecular weight is 445 g/mol. The lowest BCUT2D eigenvalue weighted by molar-refractivity contribution is -0.384. The third-order valence-electron chi connectivity index (χ3n) is 5.41. The molecule has 0 bridgehead atoms. The molecule has 0 heterocycles. The monoisotopic (exact) mass is 445 g/mol. The molecule has 3 N–H and O–H groups in total. The van der Waals surface area contributed by atoms with E-state index in [1.165, 1.54) is 0 Å². The van der Waals surface area contributed by atoms with E-state index in [2.05, 4.69) is 29.3 Å². The molecule has 8 heteroatoms. The van der Waals surface area contributed by atoms with Gasteiger partial charge in [0, 0.05) is 18.9 Å². The number of nitrogen functional groups attached to an aromatic ring is 1. The lowest BCUT2D eigenvalue weighted by Crippen LogP contribution is -2.26. The first-order valence-electron chi connectivity index (χ1n) is 10.3. The highest BCUT2D eigenvalue weighted by Crippen LogP contribution is 2.44. The number of carbonyl (C=O) groups excluding carboxylic acids is 1. The Bertz CT molecular complexity index is 1250. The summed E-state index contributed by atoms with van der Waals surface area (Å²) >= 11 is 0. The molecule has 0 saturated heterocycles. The van der Waals surface area contributed by atoms with Crippen molar-refractivity contribution in [2.75, 3.05) is 18.9 Å². The topological polar surface area (TPSA) is 107 Å². The number of nitrogens with one attached hydrogen (secondary N) is 1. The summed E-state index contributed by atoms with van der Waals surface area (Å²) in [7, 11) is 0. The van der Waals surface area contributed by atoms with E-state index in [4.69, 9.17) is 10.5 Å². The molecule has 1 aliphatic carbocycles. The minimum atomic E-state index is -0.794. The first-order valence-corrected chi connectivity index (χ1v) is 10.3. The van der Waals surface area contributed by atoms with Crippen LogP contribution in [0.25, 0.3) is 11.1 Å². The number of amides is 1. The standard InChI is InChI=1S/C25H20FN3O4/c26-17-13-16(24(27)23(14-17)29(31)32)7-5-6-12-28-25(30)33-15-22-20-10-3-1-8-18(20)19-9-2-4-11-21(19)22/h1-4,8-11,13-14,22H,6,12,15,27H2,(H,28,30). The molecule has 3 aromatic carbocycles. The van der Waals surface area contributed by atoms with Gasteiger partial charge in [0.15, 0.2) is 0 Å². The molecule has 0 radical (unpaired) electrons. The molecule has 0 aliphatic heterocycles. The van der Waals surface area contributed by atoms with Gasteiger partial charge in [-0.25, -0.2) is 9.18 Å². The average Bonchev–Trinajstić information content (AvgIpc) is 3.13. The second kappa shape index (κ2) is 9.40. The quantitative estimate of drug-likeness (QED) is 0.196. The van der Waals surface area contributed by atoms with Crippen molar-refractivity contribution in [3.63, 3.8) is 0 Å². The number of nitro groups is 1. The molecule has 0 aromatic heterocycles. The van der Waals surface area contributed by atoms with Crippen LogP contribution in [0, 0.1) is 27.8 Å². The molecular formula is C25H20FN3O4. The van der Waals surface area contributed by atoms with Crippen LogP contribution in [0.5, 0.6) is 0 Å². The Morgan fingerprint density at radius 3 is 2.39 bits per heavy atom. The lowest BCUT2D eigenvalue weighted by atomic mass is 9.98. The first kappa shape index (κ1) is 21.8. The van der Waals surface area contributed by atoms with Crippen molar-refractivity contribution in [2.24, 2.45) is 0 Å². The van der Waals surface area contributed by atoms with Crippen molar-refractivity contribution in [3.8, 4) is 23.0 Å². The number of hydrogen-bond acceptors (Lipinski definition) is 5. The van der Waals surface area contributed by atoms with Gasteiger partial charge in [0.1, 0.15) is 18.1 Å². The SMILES string of the molecule is Nc1c(C#CCCNC(=O)OCC2c3ccccc3-c3ccccc32)cc(F)cc1[N+](=O)[O-]. The number of nitro benzene ring substituents is 1. The Balaban J connectivity index is 1.31. The van der Waals surface area contributed by atoms with Gasteiger partial charge in [-0.15, -0.1) is 0 Å². The maximum absolute atomic E-state index is 13.5. The van der Waals surface area contributed by atoms with Crippen LogP contribution in [0.2, 0.25) is 0 Å². The van der Waals surface area contributed by atoms with Crippen molar-refractivity contribution >= 4 is 17.5 Å². The Morgan fingerprint density at radius 1 is 1.12 bits per heavy atom. The van der Waals surface area contributed by atoms with E-state index < -0.39 is 22.5 Å². The number of carbonyl (C=O) groups is 1. The zero-order chi connectivity index (χ0) is 23.4. The highest BCUT2D eigenvalue weighted by molar-refractivity contribution is 5.79. The van der Waals surface area contributed by atoms with Crippen LogP contribution in [-0.4, -0.2) is 24.2 Å². The summed E-state index contributed by atoms with van der Waals surface area (Å²) in [5, 5.41) is 13.5. The van der Waals surface area contributed by atoms with Gasteiger partial charge in [0.05, 0.1) is 16.6 Å². The largest absolute Gasteiger partial charge is 0.449 e. The third kappa shape index (κ3) is 4.62. The Labute approximate surface area is 189 Å². The number of halogens is 1. The van der Waals surface area contributed by atoms with Crippen LogP contribution in [0.3, 0.4) is 0 Å². The van der Waals surface area contributed by atoms with Crippen LogP contribution in [0.4, 0.5) is 20.6 Å². The van der Waals surface area contributed by atoms with Gasteiger partial charge in [-0.2, -0.15) is 0 Å². The fraction of sp³-hybridized carbons (Fsp3) is 0.160. The second-order valence-electron chi connectivity index (χ2n) is 7.45. The number of hydrogen-bond donors (Lipinski definition) is 2. The predicted molar refractivity (Wildman–Crippen MR) is 122 cm³/mol. The number of benzene rings is 3. The summed E-state index contributed by atoms with van der Waals surface area (Å²) in [6, 6.07) is 17.9. The number of anilines is 1. The van der Waals surface area contributed by atoms with Gasteiger partial charge < -0.3 is 15.8 Å². The lowest BCUT2D eigenvalue weighted by Gasteiger charge is -2.14. The minimum absolute atomic E-state index is 0.0304. The zero-order valence-corrected chi connectivity index (χ0v) is 17.5. The minimum Gasteiger partial charge on any atom is -0.449 e. The summed E-state index contributed by atoms with van der Waals surface area (Å²) in [6.45, 7) is 0.399. The number of nitrogens with zero attached hydrogens (tertiary/aromatic N) is 1. The van der Waals surface area contributed by atoms with E-state index in [1.54, 1.807) is 0 Å². The molecule has 0 atom stereocenters. The third-order valence-corrected chi connectivity index (χ3v) is 5.41. The van der Waals surface area contributed by atoms with Crippen molar-refractivity contribution < 1.29 is 18.8 Å². The molecule has 166 valence electrons. The Hall–Kier alpha value is -4.38. The fourth-order valence-corrected chi connectivity index (χ4v) is 3.89. The summed E-state index contributed by atoms with van der Waals surface area (Å²) in [5.41, 5.74) is 9.53. The highest BCUT2D eigenvalue weighted by atomic mass is 19.1. The van der Waals surface area contributed by atoms with Crippen LogP contribution < -0.4 is 11.1 Å². The van der Waals surface area contributed by atoms with Crippen LogP contribution in [-0.2, 0) is 4.74 Å². The molecule has 0 saturated carbocycles. The summed E-state index contributed by atoms with van der Waals surface area (Å²) in [5.74, 6) is 4.51. The van der Waals surface area contributed by atoms with Gasteiger partial charge in [0.2, 0.25) is 0 Å². The van der Waals surface area contributed by atoms with Crippen molar-refractivity contribution in [3.05, 3.63) is 93.3 Å². The maximum atomic E-state index is 13.5. The zero-order valence-electron chi connectivity index (χ0n) is 17.5. The number of nitrogens with two attached hydrogens (primary N) is 1. The van der Waals surface area contributed by atoms with Gasteiger partial charge >= 0.3 is 6.09 Å². The second-order valence-corrected chi connectivity index (χ2v) is 7.45. The number of rotatable bonds is 5. The normalized spacial score (nSPS) is 11.7. The van der Waals surface area contributed by atoms with E-state index in [-0.39, 0.29) is 36.7 Å². The van der Waals surface area contributed by atoms with Gasteiger partial charge in [-0.3, -0.25) is 10.1 Å². The van der Waals surface area contributed by atoms with E-state index in [9.17, 15) is 19.3 Å². The number of fused-ring (bicyclic) bond motifs is 3. The fourth-order valence-electron chi connectivity index (χ4n) is 3.89. The first-order chi connectivity index (χ1) is 16.0. The summed E-state index contributed by atoms with van der Waals surface area (Å²) in [6.07, 6.45) is -0.340. The Morgan fingerprint density at radius 2 is 1.76 bits per heavy atom. The van der Waals surface area contributed by atoms with Crippen molar-refractivity contribution in [1.82, 2.24) is 5.32 Å². The van der Waals surface area contributed by atoms with Crippen molar-refractivity contribution in [2.45, 2.75) is 12.3 Å². The van der Waals surface area contributed by atoms with E-state index >= 15 is 0 Å². The van der Waals surface area contributed by atoms with Crippen LogP contribution >= 0.6 is 0 Å². The van der Waals surface area contributed by atoms with Gasteiger partial charge in [-0.1, -0.05) is 60.4 Å². The molecule has 1 aliphatic rings. The molecule has 4 rings (SSSR count). The predicted octanol–water partition coefficient (Wildman–Crippen LogP) is 4.60. The summed E-state index contributed by atoms with van der Waals surface area (Å²) < 4.78 is 19.0. The van der Waals surface area contributed by atoms with E-state index in [1.807, 2.05) is 36.4 Å². The smallest absolute Gasteiger partial charge is 0.407 e. The molecule has 3 aromatic rings. The molecule has 7 nitrogen and oxygen atoms in total. The molecular weight excluding hydrogens is 425 g/mol. The number of ether oxygens (including phenoxy) is 1. The molecule has 33 heavy (non-hydrogen) atoms. The molecule has 0 spiro atoms. The molecule has 0 unspecified atom stereocenters. The van der Waals surface area contributed by atoms with E-state index in [0.717, 1.165) is 34.4 Å². The molecule has 1 amide bonds. The number of alkyl carbamates (subject to hydrolysis) is 1. The maximum Gasteiger partial charge on any atom is 0.407 e. The van der Waals surface area contributed by atoms with Crippen molar-refractivity contribution in [1.29, 1.82) is 0 Å². The van der Waals surface area contributed by atoms with Crippen LogP contribution in [0.15, 0.2) is 60.7 Å². The van der Waals surface area contributed by atoms with Crippen LogP contribution in [0.1, 0.15) is 29.0 Å². The van der Waals surface area contributed by atoms with Gasteiger partial charge in [-0.05, 0) is 28.3 Å². The Kier molecular flexibility index (Phi) is 6.22. The molecule has 0 fully saturated rings. The van der Waals surface area contributed by atoms with Gasteiger partial charge in [0.25, 0.3) is 5.69 Å². The highest BCUT2D eigenvalue weighted by Gasteiger charge is 2.28.